The van der Waals surface area contributed by atoms with Crippen LogP contribution in [0.15, 0.2) is 65.4 Å². The van der Waals surface area contributed by atoms with E-state index in [4.69, 9.17) is 39.5 Å². The Morgan fingerprint density at radius 3 is 2.53 bits per heavy atom. The quantitative estimate of drug-likeness (QED) is 0.297. The maximum absolute atomic E-state index is 12.6. The zero-order chi connectivity index (χ0) is 22.7. The van der Waals surface area contributed by atoms with E-state index >= 15 is 0 Å². The van der Waals surface area contributed by atoms with Crippen LogP contribution >= 0.6 is 50.7 Å². The average Bonchev–Trinajstić information content (AvgIpc) is 3.37. The van der Waals surface area contributed by atoms with Crippen molar-refractivity contribution in [2.75, 3.05) is 5.32 Å². The number of carbonyl (C=O) groups is 1. The molecule has 32 heavy (non-hydrogen) atoms. The highest BCUT2D eigenvalue weighted by atomic mass is 79.9. The zero-order valence-corrected chi connectivity index (χ0v) is 20.2. The first kappa shape index (κ1) is 22.7. The average molecular weight is 556 g/mol. The van der Waals surface area contributed by atoms with Crippen molar-refractivity contribution in [3.05, 3.63) is 91.7 Å². The van der Waals surface area contributed by atoms with E-state index in [9.17, 15) is 4.79 Å². The topological polar surface area (TPSA) is 74.0 Å². The maximum atomic E-state index is 12.6. The fourth-order valence-electron chi connectivity index (χ4n) is 2.79. The molecule has 0 radical (unpaired) electrons. The molecule has 0 aliphatic rings. The molecule has 4 aromatic rings. The summed E-state index contributed by atoms with van der Waals surface area (Å²) in [6, 6.07) is 13.9. The molecule has 0 bridgehead atoms. The van der Waals surface area contributed by atoms with Crippen molar-refractivity contribution in [3.63, 3.8) is 0 Å². The first-order valence-corrected chi connectivity index (χ1v) is 11.2. The second-order valence-electron chi connectivity index (χ2n) is 6.69. The number of nitrogens with zero attached hydrogens (tertiary/aromatic N) is 4. The smallest absolute Gasteiger partial charge is 0.277 e. The van der Waals surface area contributed by atoms with Gasteiger partial charge < -0.3 is 10.1 Å². The van der Waals surface area contributed by atoms with Gasteiger partial charge in [0.15, 0.2) is 18.2 Å². The summed E-state index contributed by atoms with van der Waals surface area (Å²) in [4.78, 5) is 12.6. The Kier molecular flexibility index (Phi) is 7.05. The monoisotopic (exact) mass is 553 g/mol. The van der Waals surface area contributed by atoms with E-state index in [0.29, 0.717) is 37.7 Å². The molecule has 0 spiro atoms. The van der Waals surface area contributed by atoms with Gasteiger partial charge in [0.1, 0.15) is 5.75 Å². The predicted molar refractivity (Wildman–Crippen MR) is 128 cm³/mol. The zero-order valence-electron chi connectivity index (χ0n) is 16.3. The summed E-state index contributed by atoms with van der Waals surface area (Å²) in [5, 5.41) is 13.0. The second-order valence-corrected chi connectivity index (χ2v) is 8.80. The van der Waals surface area contributed by atoms with Crippen molar-refractivity contribution in [2.24, 2.45) is 0 Å². The van der Waals surface area contributed by atoms with Crippen LogP contribution in [0.2, 0.25) is 15.1 Å². The summed E-state index contributed by atoms with van der Waals surface area (Å²) in [5.41, 5.74) is 1.15. The van der Waals surface area contributed by atoms with Crippen LogP contribution in [0.3, 0.4) is 0 Å². The van der Waals surface area contributed by atoms with Gasteiger partial charge in [-0.05, 0) is 64.0 Å². The molecule has 0 atom stereocenters. The third-order valence-corrected chi connectivity index (χ3v) is 5.90. The molecule has 2 aromatic heterocycles. The fraction of sp³-hybridized carbons (Fsp3) is 0.0952. The minimum absolute atomic E-state index is 0.150. The molecule has 0 fully saturated rings. The van der Waals surface area contributed by atoms with Gasteiger partial charge in [-0.3, -0.25) is 9.48 Å². The van der Waals surface area contributed by atoms with Crippen LogP contribution in [-0.4, -0.2) is 25.5 Å². The lowest BCUT2D eigenvalue weighted by Crippen LogP contribution is -2.15. The van der Waals surface area contributed by atoms with Gasteiger partial charge in [0.2, 0.25) is 0 Å². The highest BCUT2D eigenvalue weighted by Gasteiger charge is 2.15. The molecule has 4 rings (SSSR count). The SMILES string of the molecule is O=C(Nc1nn(Cc2ccc(Cl)c(Cl)c2)cc1Br)c1ccn(COc2ccc(Cl)cc2)n1. The molecular weight excluding hydrogens is 541 g/mol. The van der Waals surface area contributed by atoms with Crippen molar-refractivity contribution < 1.29 is 9.53 Å². The van der Waals surface area contributed by atoms with Crippen molar-refractivity contribution in [3.8, 4) is 5.75 Å². The van der Waals surface area contributed by atoms with Crippen LogP contribution in [0.4, 0.5) is 5.82 Å². The van der Waals surface area contributed by atoms with Gasteiger partial charge in [0.05, 0.1) is 21.1 Å². The summed E-state index contributed by atoms with van der Waals surface area (Å²) in [6.45, 7) is 0.610. The van der Waals surface area contributed by atoms with Gasteiger partial charge >= 0.3 is 0 Å². The number of aromatic nitrogens is 4. The van der Waals surface area contributed by atoms with Crippen LogP contribution in [0.1, 0.15) is 16.1 Å². The molecule has 2 heterocycles. The summed E-state index contributed by atoms with van der Waals surface area (Å²) < 4.78 is 9.45. The lowest BCUT2D eigenvalue weighted by atomic mass is 10.2. The Hall–Kier alpha value is -2.52. The number of benzene rings is 2. The van der Waals surface area contributed by atoms with Crippen LogP contribution in [0.5, 0.6) is 5.75 Å². The van der Waals surface area contributed by atoms with Crippen LogP contribution in [-0.2, 0) is 13.3 Å². The van der Waals surface area contributed by atoms with E-state index in [1.165, 1.54) is 4.68 Å². The molecule has 0 saturated carbocycles. The lowest BCUT2D eigenvalue weighted by molar-refractivity contribution is 0.101. The molecule has 0 aliphatic heterocycles. The third kappa shape index (κ3) is 5.63. The van der Waals surface area contributed by atoms with E-state index < -0.39 is 5.91 Å². The van der Waals surface area contributed by atoms with Gasteiger partial charge in [-0.2, -0.15) is 10.2 Å². The molecule has 1 amide bonds. The fourth-order valence-corrected chi connectivity index (χ4v) is 3.65. The molecule has 11 heteroatoms. The Balaban J connectivity index is 1.37. The number of hydrogen-bond acceptors (Lipinski definition) is 4. The second kappa shape index (κ2) is 9.95. The van der Waals surface area contributed by atoms with Crippen molar-refractivity contribution in [2.45, 2.75) is 13.3 Å². The van der Waals surface area contributed by atoms with Crippen molar-refractivity contribution in [1.82, 2.24) is 19.6 Å². The number of hydrogen-bond donors (Lipinski definition) is 1. The summed E-state index contributed by atoms with van der Waals surface area (Å²) >= 11 is 21.3. The van der Waals surface area contributed by atoms with Crippen LogP contribution in [0.25, 0.3) is 0 Å². The molecular formula is C21H15BrCl3N5O2. The van der Waals surface area contributed by atoms with E-state index in [-0.39, 0.29) is 12.4 Å². The van der Waals surface area contributed by atoms with Gasteiger partial charge in [-0.1, -0.05) is 40.9 Å². The Labute approximate surface area is 207 Å². The first-order valence-electron chi connectivity index (χ1n) is 9.27. The number of nitrogens with one attached hydrogen (secondary N) is 1. The molecule has 2 aromatic carbocycles. The van der Waals surface area contributed by atoms with E-state index in [0.717, 1.165) is 5.56 Å². The third-order valence-electron chi connectivity index (χ3n) is 4.33. The minimum atomic E-state index is -0.393. The number of halogens is 4. The molecule has 0 aliphatic carbocycles. The molecule has 164 valence electrons. The Morgan fingerprint density at radius 2 is 1.78 bits per heavy atom. The van der Waals surface area contributed by atoms with Crippen LogP contribution in [0, 0.1) is 0 Å². The summed E-state index contributed by atoms with van der Waals surface area (Å²) in [7, 11) is 0. The van der Waals surface area contributed by atoms with Gasteiger partial charge in [0.25, 0.3) is 5.91 Å². The largest absolute Gasteiger partial charge is 0.471 e. The number of carbonyl (C=O) groups excluding carboxylic acids is 1. The standard InChI is InChI=1S/C21H15BrCl3N5O2/c22-16-11-30(10-13-1-6-17(24)18(25)9-13)28-20(16)26-21(31)19-7-8-29(27-19)12-32-15-4-2-14(23)3-5-15/h1-9,11H,10,12H2,(H,26,28,31). The van der Waals surface area contributed by atoms with Gasteiger partial charge in [-0.15, -0.1) is 0 Å². The molecule has 7 nitrogen and oxygen atoms in total. The number of rotatable bonds is 7. The Morgan fingerprint density at radius 1 is 1.00 bits per heavy atom. The van der Waals surface area contributed by atoms with Crippen LogP contribution < -0.4 is 10.1 Å². The van der Waals surface area contributed by atoms with E-state index in [1.54, 1.807) is 59.5 Å². The lowest BCUT2D eigenvalue weighted by Gasteiger charge is -2.06. The van der Waals surface area contributed by atoms with Gasteiger partial charge in [0, 0.05) is 17.4 Å². The molecule has 1 N–H and O–H groups in total. The van der Waals surface area contributed by atoms with Crippen molar-refractivity contribution in [1.29, 1.82) is 0 Å². The predicted octanol–water partition coefficient (Wildman–Crippen LogP) is 6.14. The highest BCUT2D eigenvalue weighted by Crippen LogP contribution is 2.25. The summed E-state index contributed by atoms with van der Waals surface area (Å²) in [5.74, 6) is 0.630. The normalized spacial score (nSPS) is 10.9. The van der Waals surface area contributed by atoms with E-state index in [2.05, 4.69) is 31.4 Å². The first-order chi connectivity index (χ1) is 15.4. The van der Waals surface area contributed by atoms with Gasteiger partial charge in [-0.25, -0.2) is 4.68 Å². The minimum Gasteiger partial charge on any atom is -0.471 e. The van der Waals surface area contributed by atoms with Crippen molar-refractivity contribution >= 4 is 62.5 Å². The maximum Gasteiger partial charge on any atom is 0.277 e. The molecule has 0 unspecified atom stereocenters. The number of anilines is 1. The highest BCUT2D eigenvalue weighted by molar-refractivity contribution is 9.10. The number of ether oxygens (including phenoxy) is 1. The summed E-state index contributed by atoms with van der Waals surface area (Å²) in [6.07, 6.45) is 3.42. The number of amides is 1. The van der Waals surface area contributed by atoms with E-state index in [1.807, 2.05) is 6.07 Å². The Bertz CT molecular complexity index is 1260. The molecule has 0 saturated heterocycles.